The number of methoxy groups -OCH3 is 2. The van der Waals surface area contributed by atoms with Gasteiger partial charge in [0.2, 0.25) is 0 Å². The van der Waals surface area contributed by atoms with Gasteiger partial charge in [-0.2, -0.15) is 0 Å². The number of nitrogens with zero attached hydrogens (tertiary/aromatic N) is 1. The van der Waals surface area contributed by atoms with Gasteiger partial charge in [0.25, 0.3) is 0 Å². The van der Waals surface area contributed by atoms with E-state index in [9.17, 15) is 14.5 Å². The highest BCUT2D eigenvalue weighted by atomic mass is 16.5. The summed E-state index contributed by atoms with van der Waals surface area (Å²) in [6, 6.07) is 5.81. The van der Waals surface area contributed by atoms with Crippen molar-refractivity contribution in [2.75, 3.05) is 20.8 Å². The molecule has 7 heteroatoms. The third-order valence-electron chi connectivity index (χ3n) is 2.69. The lowest BCUT2D eigenvalue weighted by Gasteiger charge is -2.15. The monoisotopic (exact) mass is 280 g/mol. The molecule has 1 atom stereocenters. The number of hydrogen-bond acceptors (Lipinski definition) is 7. The molecule has 0 radical (unpaired) electrons. The highest BCUT2D eigenvalue weighted by Gasteiger charge is 2.20. The van der Waals surface area contributed by atoms with Gasteiger partial charge in [-0.05, 0) is 29.3 Å². The molecule has 0 aromatic heterocycles. The van der Waals surface area contributed by atoms with E-state index < -0.39 is 18.0 Å². The quantitative estimate of drug-likeness (QED) is 0.590. The van der Waals surface area contributed by atoms with Crippen molar-refractivity contribution in [1.82, 2.24) is 5.32 Å². The smallest absolute Gasteiger partial charge is 0.323 e. The van der Waals surface area contributed by atoms with E-state index in [0.29, 0.717) is 12.1 Å². The number of carbonyl (C=O) groups excluding carboxylic acids is 2. The zero-order valence-electron chi connectivity index (χ0n) is 11.3. The second-order valence-corrected chi connectivity index (χ2v) is 3.99. The Hall–Kier alpha value is -2.28. The number of nitrogens with one attached hydrogen (secondary N) is 1. The first-order chi connectivity index (χ1) is 9.60. The first-order valence-corrected chi connectivity index (χ1v) is 5.91. The Balaban J connectivity index is 2.70. The predicted octanol–water partition coefficient (Wildman–Crippen LogP) is 0.931. The van der Waals surface area contributed by atoms with Gasteiger partial charge < -0.3 is 9.47 Å². The molecular weight excluding hydrogens is 264 g/mol. The topological polar surface area (TPSA) is 94.1 Å². The molecule has 108 valence electrons. The molecule has 20 heavy (non-hydrogen) atoms. The summed E-state index contributed by atoms with van der Waals surface area (Å²) in [5.41, 5.74) is 1.12. The third-order valence-corrected chi connectivity index (χ3v) is 2.69. The van der Waals surface area contributed by atoms with Crippen LogP contribution in [0, 0.1) is 4.91 Å². The first kappa shape index (κ1) is 15.8. The molecule has 0 fully saturated rings. The van der Waals surface area contributed by atoms with Gasteiger partial charge >= 0.3 is 11.9 Å². The maximum Gasteiger partial charge on any atom is 0.323 e. The van der Waals surface area contributed by atoms with Gasteiger partial charge in [0.15, 0.2) is 0 Å². The third kappa shape index (κ3) is 4.77. The summed E-state index contributed by atoms with van der Waals surface area (Å²) in [5, 5.41) is 5.56. The van der Waals surface area contributed by atoms with E-state index in [-0.39, 0.29) is 6.54 Å². The van der Waals surface area contributed by atoms with Crippen LogP contribution in [0.25, 0.3) is 0 Å². The molecule has 0 saturated carbocycles. The summed E-state index contributed by atoms with van der Waals surface area (Å²) >= 11 is 0. The number of carbonyl (C=O) groups is 2. The van der Waals surface area contributed by atoms with Gasteiger partial charge in [-0.25, -0.2) is 0 Å². The minimum Gasteiger partial charge on any atom is -0.468 e. The minimum atomic E-state index is -0.672. The van der Waals surface area contributed by atoms with E-state index in [2.05, 4.69) is 20.0 Å². The van der Waals surface area contributed by atoms with Crippen LogP contribution in [-0.4, -0.2) is 38.7 Å². The van der Waals surface area contributed by atoms with Gasteiger partial charge in [0, 0.05) is 0 Å². The molecule has 0 aliphatic heterocycles. The van der Waals surface area contributed by atoms with Crippen molar-refractivity contribution >= 4 is 17.6 Å². The Labute approximate surface area is 116 Å². The molecule has 0 bridgehead atoms. The molecule has 0 spiro atoms. The molecule has 1 aromatic rings. The molecule has 0 aliphatic rings. The fourth-order valence-corrected chi connectivity index (χ4v) is 1.59. The Morgan fingerprint density at radius 2 is 1.85 bits per heavy atom. The lowest BCUT2D eigenvalue weighted by atomic mass is 10.1. The summed E-state index contributed by atoms with van der Waals surface area (Å²) < 4.78 is 9.17. The molecule has 7 nitrogen and oxygen atoms in total. The van der Waals surface area contributed by atoms with Crippen LogP contribution in [0.5, 0.6) is 0 Å². The largest absolute Gasteiger partial charge is 0.468 e. The normalized spacial score (nSPS) is 11.5. The van der Waals surface area contributed by atoms with Crippen LogP contribution in [0.2, 0.25) is 0 Å². The number of benzene rings is 1. The minimum absolute atomic E-state index is 0.0930. The predicted molar refractivity (Wildman–Crippen MR) is 71.4 cm³/mol. The Bertz CT molecular complexity index is 472. The second-order valence-electron chi connectivity index (χ2n) is 3.99. The van der Waals surface area contributed by atoms with Crippen LogP contribution in [0.3, 0.4) is 0 Å². The first-order valence-electron chi connectivity index (χ1n) is 5.91. The van der Waals surface area contributed by atoms with Crippen LogP contribution in [-0.2, 0) is 25.5 Å². The van der Waals surface area contributed by atoms with Crippen molar-refractivity contribution in [2.45, 2.75) is 12.5 Å². The van der Waals surface area contributed by atoms with E-state index in [1.807, 2.05) is 0 Å². The number of nitroso groups, excluding NO2 is 1. The van der Waals surface area contributed by atoms with Crippen molar-refractivity contribution in [1.29, 1.82) is 0 Å². The summed E-state index contributed by atoms with van der Waals surface area (Å²) in [6.45, 7) is -0.0930. The van der Waals surface area contributed by atoms with Crippen LogP contribution in [0.1, 0.15) is 5.56 Å². The van der Waals surface area contributed by atoms with Crippen LogP contribution in [0.15, 0.2) is 29.4 Å². The van der Waals surface area contributed by atoms with Crippen molar-refractivity contribution in [2.24, 2.45) is 5.18 Å². The maximum atomic E-state index is 11.6. The van der Waals surface area contributed by atoms with Crippen LogP contribution in [0.4, 0.5) is 5.69 Å². The molecule has 1 aromatic carbocycles. The van der Waals surface area contributed by atoms with Crippen molar-refractivity contribution < 1.29 is 19.1 Å². The van der Waals surface area contributed by atoms with E-state index in [0.717, 1.165) is 5.56 Å². The standard InChI is InChI=1S/C13H16N2O5/c1-19-12(16)8-14-11(13(17)20-2)7-9-3-5-10(15-18)6-4-9/h3-6,11,14H,7-8H2,1-2H3. The Kier molecular flexibility index (Phi) is 6.31. The lowest BCUT2D eigenvalue weighted by molar-refractivity contribution is -0.144. The molecule has 1 unspecified atom stereocenters. The van der Waals surface area contributed by atoms with Crippen LogP contribution < -0.4 is 5.32 Å². The lowest BCUT2D eigenvalue weighted by Crippen LogP contribution is -2.42. The highest BCUT2D eigenvalue weighted by molar-refractivity contribution is 5.78. The van der Waals surface area contributed by atoms with E-state index >= 15 is 0 Å². The number of rotatable bonds is 7. The van der Waals surface area contributed by atoms with Crippen LogP contribution >= 0.6 is 0 Å². The Morgan fingerprint density at radius 3 is 2.35 bits per heavy atom. The summed E-state index contributed by atoms with van der Waals surface area (Å²) in [6.07, 6.45) is 0.322. The van der Waals surface area contributed by atoms with Gasteiger partial charge in [0.1, 0.15) is 11.7 Å². The summed E-state index contributed by atoms with van der Waals surface area (Å²) in [5.74, 6) is -0.953. The molecule has 0 amide bonds. The van der Waals surface area contributed by atoms with E-state index in [1.54, 1.807) is 24.3 Å². The maximum absolute atomic E-state index is 11.6. The fourth-order valence-electron chi connectivity index (χ4n) is 1.59. The SMILES string of the molecule is COC(=O)CNC(Cc1ccc(N=O)cc1)C(=O)OC. The molecule has 0 saturated heterocycles. The average molecular weight is 280 g/mol. The van der Waals surface area contributed by atoms with Crippen molar-refractivity contribution in [3.8, 4) is 0 Å². The van der Waals surface area contributed by atoms with Gasteiger partial charge in [-0.1, -0.05) is 12.1 Å². The van der Waals surface area contributed by atoms with Gasteiger partial charge in [-0.3, -0.25) is 14.9 Å². The second kappa shape index (κ2) is 8.00. The zero-order chi connectivity index (χ0) is 15.0. The van der Waals surface area contributed by atoms with E-state index in [1.165, 1.54) is 14.2 Å². The average Bonchev–Trinajstić information content (AvgIpc) is 2.50. The molecule has 0 aliphatic carbocycles. The number of hydrogen-bond donors (Lipinski definition) is 1. The molecule has 1 rings (SSSR count). The Morgan fingerprint density at radius 1 is 1.20 bits per heavy atom. The van der Waals surface area contributed by atoms with E-state index in [4.69, 9.17) is 0 Å². The molecule has 1 N–H and O–H groups in total. The number of ether oxygens (including phenoxy) is 2. The van der Waals surface area contributed by atoms with Gasteiger partial charge in [-0.15, -0.1) is 4.91 Å². The zero-order valence-corrected chi connectivity index (χ0v) is 11.3. The summed E-state index contributed by atoms with van der Waals surface area (Å²) in [7, 11) is 2.54. The molecular formula is C13H16N2O5. The van der Waals surface area contributed by atoms with Gasteiger partial charge in [0.05, 0.1) is 20.8 Å². The molecule has 0 heterocycles. The van der Waals surface area contributed by atoms with Crippen molar-refractivity contribution in [3.63, 3.8) is 0 Å². The number of esters is 2. The fraction of sp³-hybridized carbons (Fsp3) is 0.385. The highest BCUT2D eigenvalue weighted by Crippen LogP contribution is 2.13. The summed E-state index contributed by atoms with van der Waals surface area (Å²) in [4.78, 5) is 33.0. The van der Waals surface area contributed by atoms with Crippen molar-refractivity contribution in [3.05, 3.63) is 34.7 Å².